The van der Waals surface area contributed by atoms with E-state index in [1.165, 1.54) is 6.42 Å². The van der Waals surface area contributed by atoms with E-state index in [1.54, 1.807) is 0 Å². The van der Waals surface area contributed by atoms with Gasteiger partial charge in [-0.05, 0) is 49.4 Å². The third-order valence-corrected chi connectivity index (χ3v) is 3.56. The summed E-state index contributed by atoms with van der Waals surface area (Å²) in [5.41, 5.74) is 1.11. The van der Waals surface area contributed by atoms with E-state index in [0.29, 0.717) is 13.2 Å². The summed E-state index contributed by atoms with van der Waals surface area (Å²) in [5.74, 6) is 0.842. The van der Waals surface area contributed by atoms with Crippen LogP contribution < -0.4 is 4.74 Å². The number of hydrogen-bond donors (Lipinski definition) is 0. The Morgan fingerprint density at radius 1 is 1.32 bits per heavy atom. The number of benzene rings is 1. The Balaban J connectivity index is 1.70. The summed E-state index contributed by atoms with van der Waals surface area (Å²) >= 11 is 6.06. The fourth-order valence-electron chi connectivity index (χ4n) is 2.09. The molecule has 1 atom stereocenters. The average molecular weight is 285 g/mol. The fraction of sp³-hybridized carbons (Fsp3) is 0.600. The zero-order chi connectivity index (χ0) is 13.5. The molecular formula is C15H21ClO3. The van der Waals surface area contributed by atoms with Gasteiger partial charge in [0.25, 0.3) is 0 Å². The van der Waals surface area contributed by atoms with Crippen LogP contribution in [0.4, 0.5) is 0 Å². The molecule has 1 aliphatic heterocycles. The number of ether oxygens (including phenoxy) is 3. The van der Waals surface area contributed by atoms with Crippen LogP contribution in [0.15, 0.2) is 18.2 Å². The van der Waals surface area contributed by atoms with Crippen molar-refractivity contribution in [3.05, 3.63) is 28.8 Å². The Hall–Kier alpha value is -0.770. The molecule has 0 aliphatic carbocycles. The summed E-state index contributed by atoms with van der Waals surface area (Å²) in [5, 5.41) is 0.793. The largest absolute Gasteiger partial charge is 0.491 e. The molecule has 1 unspecified atom stereocenters. The van der Waals surface area contributed by atoms with Gasteiger partial charge in [-0.1, -0.05) is 18.5 Å². The van der Waals surface area contributed by atoms with Gasteiger partial charge in [-0.25, -0.2) is 0 Å². The molecule has 0 spiro atoms. The van der Waals surface area contributed by atoms with Crippen LogP contribution in [0.2, 0.25) is 5.02 Å². The predicted molar refractivity (Wildman–Crippen MR) is 75.9 cm³/mol. The second-order valence-corrected chi connectivity index (χ2v) is 5.03. The number of rotatable bonds is 6. The maximum absolute atomic E-state index is 6.06. The minimum absolute atomic E-state index is 0.0474. The Bertz CT molecular complexity index is 389. The Morgan fingerprint density at radius 2 is 2.21 bits per heavy atom. The first kappa shape index (κ1) is 14.6. The van der Waals surface area contributed by atoms with Crippen molar-refractivity contribution >= 4 is 11.6 Å². The van der Waals surface area contributed by atoms with Crippen molar-refractivity contribution in [2.75, 3.05) is 19.8 Å². The molecule has 4 heteroatoms. The van der Waals surface area contributed by atoms with Crippen LogP contribution in [-0.4, -0.2) is 26.1 Å². The van der Waals surface area contributed by atoms with Crippen LogP contribution in [0.25, 0.3) is 0 Å². The molecule has 1 saturated heterocycles. The van der Waals surface area contributed by atoms with Gasteiger partial charge in [0.1, 0.15) is 12.4 Å². The van der Waals surface area contributed by atoms with Gasteiger partial charge in [-0.3, -0.25) is 0 Å². The van der Waals surface area contributed by atoms with Gasteiger partial charge < -0.3 is 14.2 Å². The van der Waals surface area contributed by atoms with Crippen molar-refractivity contribution in [3.63, 3.8) is 0 Å². The summed E-state index contributed by atoms with van der Waals surface area (Å²) in [6.45, 7) is 3.97. The van der Waals surface area contributed by atoms with Gasteiger partial charge in [0, 0.05) is 11.6 Å². The lowest BCUT2D eigenvalue weighted by molar-refractivity contribution is -0.165. The second-order valence-electron chi connectivity index (χ2n) is 4.62. The molecule has 106 valence electrons. The van der Waals surface area contributed by atoms with Gasteiger partial charge in [0.2, 0.25) is 0 Å². The molecule has 0 saturated carbocycles. The van der Waals surface area contributed by atoms with E-state index in [0.717, 1.165) is 42.2 Å². The van der Waals surface area contributed by atoms with Crippen molar-refractivity contribution in [1.82, 2.24) is 0 Å². The van der Waals surface area contributed by atoms with Crippen molar-refractivity contribution in [2.24, 2.45) is 0 Å². The Morgan fingerprint density at radius 3 is 2.95 bits per heavy atom. The molecule has 1 aromatic carbocycles. The molecule has 1 heterocycles. The van der Waals surface area contributed by atoms with Crippen molar-refractivity contribution in [2.45, 2.75) is 38.9 Å². The van der Waals surface area contributed by atoms with E-state index in [4.69, 9.17) is 25.8 Å². The van der Waals surface area contributed by atoms with Crippen molar-refractivity contribution in [3.8, 4) is 5.75 Å². The summed E-state index contributed by atoms with van der Waals surface area (Å²) in [6, 6.07) is 5.75. The molecule has 0 aromatic heterocycles. The first-order valence-corrected chi connectivity index (χ1v) is 7.32. The van der Waals surface area contributed by atoms with E-state index in [9.17, 15) is 0 Å². The van der Waals surface area contributed by atoms with Crippen LogP contribution in [0.5, 0.6) is 5.75 Å². The van der Waals surface area contributed by atoms with Crippen LogP contribution >= 0.6 is 11.6 Å². The average Bonchev–Trinajstić information content (AvgIpc) is 2.46. The van der Waals surface area contributed by atoms with Gasteiger partial charge in [-0.15, -0.1) is 0 Å². The maximum atomic E-state index is 6.06. The Labute approximate surface area is 119 Å². The van der Waals surface area contributed by atoms with Crippen LogP contribution in [-0.2, 0) is 15.9 Å². The molecule has 0 radical (unpaired) electrons. The lowest BCUT2D eigenvalue weighted by atomic mass is 10.1. The molecule has 3 nitrogen and oxygen atoms in total. The lowest BCUT2D eigenvalue weighted by Gasteiger charge is -2.22. The SMILES string of the molecule is CCc1cc(OCCOC2CCCCO2)ccc1Cl. The molecule has 19 heavy (non-hydrogen) atoms. The molecule has 2 rings (SSSR count). The maximum Gasteiger partial charge on any atom is 0.157 e. The highest BCUT2D eigenvalue weighted by atomic mass is 35.5. The minimum Gasteiger partial charge on any atom is -0.491 e. The van der Waals surface area contributed by atoms with Crippen LogP contribution in [0.1, 0.15) is 31.7 Å². The first-order valence-electron chi connectivity index (χ1n) is 6.94. The standard InChI is InChI=1S/C15H21ClO3/c1-2-12-11-13(6-7-14(12)16)17-9-10-19-15-5-3-4-8-18-15/h6-7,11,15H,2-5,8-10H2,1H3. The number of hydrogen-bond acceptors (Lipinski definition) is 3. The topological polar surface area (TPSA) is 27.7 Å². The van der Waals surface area contributed by atoms with Crippen molar-refractivity contribution in [1.29, 1.82) is 0 Å². The first-order chi connectivity index (χ1) is 9.29. The van der Waals surface area contributed by atoms with Crippen LogP contribution in [0.3, 0.4) is 0 Å². The molecule has 1 aromatic rings. The summed E-state index contributed by atoms with van der Waals surface area (Å²) in [6.07, 6.45) is 4.17. The smallest absolute Gasteiger partial charge is 0.157 e. The summed E-state index contributed by atoms with van der Waals surface area (Å²) in [7, 11) is 0. The highest BCUT2D eigenvalue weighted by molar-refractivity contribution is 6.31. The highest BCUT2D eigenvalue weighted by Crippen LogP contribution is 2.22. The molecule has 0 bridgehead atoms. The van der Waals surface area contributed by atoms with Crippen molar-refractivity contribution < 1.29 is 14.2 Å². The quantitative estimate of drug-likeness (QED) is 0.743. The predicted octanol–water partition coefficient (Wildman–Crippen LogP) is 3.82. The van der Waals surface area contributed by atoms with E-state index < -0.39 is 0 Å². The van der Waals surface area contributed by atoms with Gasteiger partial charge in [0.05, 0.1) is 6.61 Å². The minimum atomic E-state index is -0.0474. The third-order valence-electron chi connectivity index (χ3n) is 3.19. The lowest BCUT2D eigenvalue weighted by Crippen LogP contribution is -2.24. The highest BCUT2D eigenvalue weighted by Gasteiger charge is 2.13. The number of aryl methyl sites for hydroxylation is 1. The number of halogens is 1. The molecule has 0 amide bonds. The molecule has 1 fully saturated rings. The van der Waals surface area contributed by atoms with E-state index in [2.05, 4.69) is 6.92 Å². The van der Waals surface area contributed by atoms with E-state index in [1.807, 2.05) is 18.2 Å². The zero-order valence-electron chi connectivity index (χ0n) is 11.4. The summed E-state index contributed by atoms with van der Waals surface area (Å²) in [4.78, 5) is 0. The fourth-order valence-corrected chi connectivity index (χ4v) is 2.34. The normalized spacial score (nSPS) is 19.4. The van der Waals surface area contributed by atoms with Gasteiger partial charge in [-0.2, -0.15) is 0 Å². The van der Waals surface area contributed by atoms with E-state index in [-0.39, 0.29) is 6.29 Å². The Kier molecular flexibility index (Phi) is 5.95. The molecule has 0 N–H and O–H groups in total. The molecule has 1 aliphatic rings. The molecular weight excluding hydrogens is 264 g/mol. The zero-order valence-corrected chi connectivity index (χ0v) is 12.1. The second kappa shape index (κ2) is 7.73. The third kappa shape index (κ3) is 4.68. The van der Waals surface area contributed by atoms with Gasteiger partial charge >= 0.3 is 0 Å². The van der Waals surface area contributed by atoms with E-state index >= 15 is 0 Å². The van der Waals surface area contributed by atoms with Crippen LogP contribution in [0, 0.1) is 0 Å². The van der Waals surface area contributed by atoms with Gasteiger partial charge in [0.15, 0.2) is 6.29 Å². The summed E-state index contributed by atoms with van der Waals surface area (Å²) < 4.78 is 16.8. The monoisotopic (exact) mass is 284 g/mol.